The van der Waals surface area contributed by atoms with E-state index in [0.717, 1.165) is 5.69 Å². The second kappa shape index (κ2) is 2.44. The van der Waals surface area contributed by atoms with Crippen molar-refractivity contribution in [3.8, 4) is 0 Å². The smallest absolute Gasteiger partial charge is 0.321 e. The Bertz CT molecular complexity index is 215. The Hall–Kier alpha value is -1.12. The van der Waals surface area contributed by atoms with E-state index in [2.05, 4.69) is 9.98 Å². The molecule has 0 saturated heterocycles. The van der Waals surface area contributed by atoms with Crippen LogP contribution in [0.4, 0.5) is 6.01 Å². The van der Waals surface area contributed by atoms with E-state index in [9.17, 15) is 0 Å². The van der Waals surface area contributed by atoms with Gasteiger partial charge in [0.15, 0.2) is 0 Å². The van der Waals surface area contributed by atoms with Gasteiger partial charge in [-0.3, -0.25) is 0 Å². The molecule has 0 aromatic carbocycles. The SMILES string of the molecule is CC=Nc1nc(C)co1. The van der Waals surface area contributed by atoms with Gasteiger partial charge in [0.25, 0.3) is 0 Å². The van der Waals surface area contributed by atoms with Crippen molar-refractivity contribution in [2.24, 2.45) is 4.99 Å². The molecule has 48 valence electrons. The lowest BCUT2D eigenvalue weighted by Crippen LogP contribution is -1.65. The molecule has 0 amide bonds. The fourth-order valence-corrected chi connectivity index (χ4v) is 0.511. The van der Waals surface area contributed by atoms with E-state index in [1.165, 1.54) is 0 Å². The lowest BCUT2D eigenvalue weighted by molar-refractivity contribution is 0.569. The highest BCUT2D eigenvalue weighted by molar-refractivity contribution is 5.56. The third-order valence-electron chi connectivity index (χ3n) is 0.846. The molecular weight excluding hydrogens is 116 g/mol. The average Bonchev–Trinajstić information content (AvgIpc) is 2.17. The highest BCUT2D eigenvalue weighted by Gasteiger charge is 1.92. The number of hydrogen-bond donors (Lipinski definition) is 0. The van der Waals surface area contributed by atoms with Gasteiger partial charge in [-0.1, -0.05) is 0 Å². The van der Waals surface area contributed by atoms with Crippen molar-refractivity contribution in [2.45, 2.75) is 13.8 Å². The topological polar surface area (TPSA) is 38.4 Å². The molecule has 0 bridgehead atoms. The zero-order valence-electron chi connectivity index (χ0n) is 5.46. The molecule has 0 aliphatic rings. The van der Waals surface area contributed by atoms with Gasteiger partial charge < -0.3 is 4.42 Å². The summed E-state index contributed by atoms with van der Waals surface area (Å²) in [7, 11) is 0. The molecule has 9 heavy (non-hydrogen) atoms. The summed E-state index contributed by atoms with van der Waals surface area (Å²) in [4.78, 5) is 7.76. The molecule has 0 N–H and O–H groups in total. The standard InChI is InChI=1S/C6H8N2O/c1-3-7-6-8-5(2)4-9-6/h3-4H,1-2H3. The second-order valence-electron chi connectivity index (χ2n) is 1.66. The quantitative estimate of drug-likeness (QED) is 0.534. The van der Waals surface area contributed by atoms with E-state index in [0.29, 0.717) is 6.01 Å². The van der Waals surface area contributed by atoms with Crippen molar-refractivity contribution < 1.29 is 4.42 Å². The first-order valence-corrected chi connectivity index (χ1v) is 2.73. The number of rotatable bonds is 1. The number of aryl methyl sites for hydroxylation is 1. The van der Waals surface area contributed by atoms with Gasteiger partial charge in [0.1, 0.15) is 6.26 Å². The van der Waals surface area contributed by atoms with Crippen LogP contribution in [-0.2, 0) is 0 Å². The van der Waals surface area contributed by atoms with Gasteiger partial charge in [0.05, 0.1) is 5.69 Å². The summed E-state index contributed by atoms with van der Waals surface area (Å²) >= 11 is 0. The zero-order valence-corrected chi connectivity index (χ0v) is 5.46. The predicted molar refractivity (Wildman–Crippen MR) is 35.1 cm³/mol. The molecule has 0 spiro atoms. The highest BCUT2D eigenvalue weighted by atomic mass is 16.4. The maximum Gasteiger partial charge on any atom is 0.321 e. The van der Waals surface area contributed by atoms with Gasteiger partial charge in [-0.25, -0.2) is 4.99 Å². The molecule has 1 heterocycles. The number of aromatic nitrogens is 1. The Labute approximate surface area is 53.4 Å². The van der Waals surface area contributed by atoms with Crippen molar-refractivity contribution in [2.75, 3.05) is 0 Å². The minimum absolute atomic E-state index is 0.426. The molecule has 0 unspecified atom stereocenters. The van der Waals surface area contributed by atoms with E-state index in [1.54, 1.807) is 12.5 Å². The molecule has 1 aromatic rings. The first-order valence-electron chi connectivity index (χ1n) is 2.73. The molecule has 1 rings (SSSR count). The van der Waals surface area contributed by atoms with Crippen LogP contribution in [0.15, 0.2) is 15.7 Å². The predicted octanol–water partition coefficient (Wildman–Crippen LogP) is 1.71. The van der Waals surface area contributed by atoms with Gasteiger partial charge in [0, 0.05) is 6.21 Å². The number of oxazole rings is 1. The van der Waals surface area contributed by atoms with Crippen molar-refractivity contribution in [3.63, 3.8) is 0 Å². The second-order valence-corrected chi connectivity index (χ2v) is 1.66. The fourth-order valence-electron chi connectivity index (χ4n) is 0.511. The molecule has 0 atom stereocenters. The zero-order chi connectivity index (χ0) is 6.69. The van der Waals surface area contributed by atoms with E-state index >= 15 is 0 Å². The minimum Gasteiger partial charge on any atom is -0.430 e. The summed E-state index contributed by atoms with van der Waals surface area (Å²) in [6.07, 6.45) is 3.22. The molecule has 0 saturated carbocycles. The van der Waals surface area contributed by atoms with Crippen LogP contribution in [0.1, 0.15) is 12.6 Å². The fraction of sp³-hybridized carbons (Fsp3) is 0.333. The van der Waals surface area contributed by atoms with Crippen molar-refractivity contribution in [1.82, 2.24) is 4.98 Å². The molecule has 0 aliphatic heterocycles. The number of nitrogens with zero attached hydrogens (tertiary/aromatic N) is 2. The van der Waals surface area contributed by atoms with E-state index in [1.807, 2.05) is 13.8 Å². The first-order chi connectivity index (χ1) is 4.33. The molecule has 0 aliphatic carbocycles. The summed E-state index contributed by atoms with van der Waals surface area (Å²) in [5, 5.41) is 0. The Morgan fingerprint density at radius 3 is 3.00 bits per heavy atom. The minimum atomic E-state index is 0.426. The molecule has 1 aromatic heterocycles. The summed E-state index contributed by atoms with van der Waals surface area (Å²) in [6.45, 7) is 3.68. The van der Waals surface area contributed by atoms with Crippen LogP contribution in [0.5, 0.6) is 0 Å². The highest BCUT2D eigenvalue weighted by Crippen LogP contribution is 2.08. The summed E-state index contributed by atoms with van der Waals surface area (Å²) in [6, 6.07) is 0.426. The summed E-state index contributed by atoms with van der Waals surface area (Å²) < 4.78 is 4.90. The van der Waals surface area contributed by atoms with Crippen molar-refractivity contribution >= 4 is 12.2 Å². The van der Waals surface area contributed by atoms with Crippen LogP contribution in [-0.4, -0.2) is 11.2 Å². The molecule has 0 fully saturated rings. The Morgan fingerprint density at radius 2 is 2.56 bits per heavy atom. The van der Waals surface area contributed by atoms with E-state index in [-0.39, 0.29) is 0 Å². The summed E-state index contributed by atoms with van der Waals surface area (Å²) in [5.74, 6) is 0. The van der Waals surface area contributed by atoms with Gasteiger partial charge >= 0.3 is 6.01 Å². The van der Waals surface area contributed by atoms with Crippen LogP contribution in [0.2, 0.25) is 0 Å². The third-order valence-corrected chi connectivity index (χ3v) is 0.846. The van der Waals surface area contributed by atoms with Crippen LogP contribution in [0, 0.1) is 6.92 Å². The van der Waals surface area contributed by atoms with Crippen LogP contribution < -0.4 is 0 Å². The maximum absolute atomic E-state index is 4.90. The first kappa shape index (κ1) is 6.01. The van der Waals surface area contributed by atoms with Gasteiger partial charge in [-0.15, -0.1) is 0 Å². The largest absolute Gasteiger partial charge is 0.430 e. The van der Waals surface area contributed by atoms with Crippen LogP contribution in [0.3, 0.4) is 0 Å². The Balaban J connectivity index is 2.85. The van der Waals surface area contributed by atoms with Crippen molar-refractivity contribution in [3.05, 3.63) is 12.0 Å². The molecular formula is C6H8N2O. The number of aliphatic imine (C=N–C) groups is 1. The Morgan fingerprint density at radius 1 is 1.78 bits per heavy atom. The summed E-state index contributed by atoms with van der Waals surface area (Å²) in [5.41, 5.74) is 0.857. The number of hydrogen-bond acceptors (Lipinski definition) is 3. The van der Waals surface area contributed by atoms with Crippen molar-refractivity contribution in [1.29, 1.82) is 0 Å². The lowest BCUT2D eigenvalue weighted by atomic mass is 10.6. The van der Waals surface area contributed by atoms with E-state index in [4.69, 9.17) is 4.42 Å². The van der Waals surface area contributed by atoms with Gasteiger partial charge in [-0.2, -0.15) is 4.98 Å². The molecule has 0 radical (unpaired) electrons. The van der Waals surface area contributed by atoms with Crippen LogP contribution in [0.25, 0.3) is 0 Å². The molecule has 3 heteroatoms. The lowest BCUT2D eigenvalue weighted by Gasteiger charge is -1.75. The normalized spacial score (nSPS) is 10.9. The monoisotopic (exact) mass is 124 g/mol. The Kier molecular flexibility index (Phi) is 1.63. The van der Waals surface area contributed by atoms with Crippen LogP contribution >= 0.6 is 0 Å². The van der Waals surface area contributed by atoms with Gasteiger partial charge in [0.2, 0.25) is 0 Å². The van der Waals surface area contributed by atoms with E-state index < -0.39 is 0 Å². The third kappa shape index (κ3) is 1.38. The molecule has 3 nitrogen and oxygen atoms in total. The van der Waals surface area contributed by atoms with Gasteiger partial charge in [-0.05, 0) is 13.8 Å². The maximum atomic E-state index is 4.90. The average molecular weight is 124 g/mol.